The maximum atomic E-state index is 12.6. The van der Waals surface area contributed by atoms with Crippen molar-refractivity contribution >= 4 is 27.5 Å². The Morgan fingerprint density at radius 2 is 1.93 bits per heavy atom. The lowest BCUT2D eigenvalue weighted by Crippen LogP contribution is -2.31. The van der Waals surface area contributed by atoms with Crippen LogP contribution in [-0.4, -0.2) is 31.0 Å². The quantitative estimate of drug-likeness (QED) is 0.663. The lowest BCUT2D eigenvalue weighted by molar-refractivity contribution is 0.0977. The first-order valence-corrected chi connectivity index (χ1v) is 10.1. The number of sulfonamides is 1. The molecule has 9 heteroatoms. The van der Waals surface area contributed by atoms with Gasteiger partial charge in [0, 0.05) is 25.7 Å². The summed E-state index contributed by atoms with van der Waals surface area (Å²) in [6, 6.07) is 13.8. The fourth-order valence-corrected chi connectivity index (χ4v) is 4.08. The van der Waals surface area contributed by atoms with E-state index >= 15 is 0 Å². The van der Waals surface area contributed by atoms with E-state index in [0.29, 0.717) is 18.0 Å². The highest BCUT2D eigenvalue weighted by atomic mass is 35.5. The molecule has 1 N–H and O–H groups in total. The van der Waals surface area contributed by atoms with Crippen LogP contribution in [0.1, 0.15) is 21.9 Å². The molecule has 0 atom stereocenters. The van der Waals surface area contributed by atoms with E-state index in [-0.39, 0.29) is 15.6 Å². The van der Waals surface area contributed by atoms with Gasteiger partial charge in [-0.2, -0.15) is 0 Å². The van der Waals surface area contributed by atoms with Crippen LogP contribution in [-0.2, 0) is 23.5 Å². The smallest absolute Gasteiger partial charge is 0.285 e. The molecule has 0 saturated heterocycles. The van der Waals surface area contributed by atoms with E-state index in [0.717, 1.165) is 5.56 Å². The average Bonchev–Trinajstić information content (AvgIpc) is 3.03. The molecule has 0 aliphatic heterocycles. The van der Waals surface area contributed by atoms with Gasteiger partial charge in [0.25, 0.3) is 15.9 Å². The summed E-state index contributed by atoms with van der Waals surface area (Å²) in [5, 5.41) is -0.0214. The highest BCUT2D eigenvalue weighted by Gasteiger charge is 2.24. The summed E-state index contributed by atoms with van der Waals surface area (Å²) in [5.74, 6) is 0.0992. The second kappa shape index (κ2) is 8.04. The monoisotopic (exact) mass is 419 g/mol. The number of carbonyl (C=O) groups is 1. The van der Waals surface area contributed by atoms with Crippen molar-refractivity contribution < 1.29 is 17.9 Å². The van der Waals surface area contributed by atoms with Crippen LogP contribution >= 0.6 is 11.6 Å². The van der Waals surface area contributed by atoms with E-state index in [2.05, 4.69) is 4.98 Å². The zero-order chi connectivity index (χ0) is 20.3. The van der Waals surface area contributed by atoms with Gasteiger partial charge < -0.3 is 9.30 Å². The van der Waals surface area contributed by atoms with Gasteiger partial charge in [0.15, 0.2) is 0 Å². The number of nitrogens with zero attached hydrogens (tertiary/aromatic N) is 2. The molecular formula is C19H18ClN3O4S. The summed E-state index contributed by atoms with van der Waals surface area (Å²) in [4.78, 5) is 16.5. The van der Waals surface area contributed by atoms with E-state index < -0.39 is 15.9 Å². The van der Waals surface area contributed by atoms with Crippen molar-refractivity contribution in [2.75, 3.05) is 7.11 Å². The zero-order valence-corrected chi connectivity index (χ0v) is 16.8. The summed E-state index contributed by atoms with van der Waals surface area (Å²) in [5.41, 5.74) is 1.02. The molecule has 1 heterocycles. The fourth-order valence-electron chi connectivity index (χ4n) is 2.60. The van der Waals surface area contributed by atoms with Crippen LogP contribution in [0.4, 0.5) is 0 Å². The lowest BCUT2D eigenvalue weighted by atomic mass is 10.1. The first-order valence-electron chi connectivity index (χ1n) is 8.27. The molecule has 0 bridgehead atoms. The van der Waals surface area contributed by atoms with Crippen LogP contribution in [0, 0.1) is 0 Å². The van der Waals surface area contributed by atoms with E-state index in [9.17, 15) is 13.2 Å². The summed E-state index contributed by atoms with van der Waals surface area (Å²) >= 11 is 5.98. The number of halogens is 1. The minimum atomic E-state index is -4.19. The number of rotatable bonds is 6. The van der Waals surface area contributed by atoms with Crippen LogP contribution in [0.2, 0.25) is 5.02 Å². The molecule has 0 spiro atoms. The summed E-state index contributed by atoms with van der Waals surface area (Å²) in [6.07, 6.45) is 2.00. The van der Waals surface area contributed by atoms with Crippen molar-refractivity contribution in [3.8, 4) is 5.75 Å². The van der Waals surface area contributed by atoms with Crippen molar-refractivity contribution in [1.82, 2.24) is 14.3 Å². The Balaban J connectivity index is 1.82. The Kier molecular flexibility index (Phi) is 5.71. The number of carbonyl (C=O) groups excluding carboxylic acids is 1. The van der Waals surface area contributed by atoms with Crippen LogP contribution in [0.25, 0.3) is 0 Å². The third-order valence-electron chi connectivity index (χ3n) is 4.07. The third kappa shape index (κ3) is 4.35. The number of methoxy groups -OCH3 is 1. The molecule has 1 amide bonds. The molecule has 0 fully saturated rings. The SMILES string of the molecule is COc1ccc(Cl)c(S(=O)(=O)NC(=O)c2cn(C)c(Cc3ccccc3)n2)c1. The lowest BCUT2D eigenvalue weighted by Gasteiger charge is -2.09. The van der Waals surface area contributed by atoms with Crippen molar-refractivity contribution in [1.29, 1.82) is 0 Å². The molecule has 146 valence electrons. The molecule has 0 aliphatic rings. The second-order valence-electron chi connectivity index (χ2n) is 6.05. The maximum absolute atomic E-state index is 12.6. The number of aryl methyl sites for hydroxylation is 1. The van der Waals surface area contributed by atoms with Crippen molar-refractivity contribution in [2.45, 2.75) is 11.3 Å². The van der Waals surface area contributed by atoms with Crippen molar-refractivity contribution in [2.24, 2.45) is 7.05 Å². The Hall–Kier alpha value is -2.84. The molecular weight excluding hydrogens is 402 g/mol. The van der Waals surface area contributed by atoms with E-state index in [1.165, 1.54) is 31.5 Å². The number of aromatic nitrogens is 2. The topological polar surface area (TPSA) is 90.3 Å². The minimum absolute atomic E-state index is 0.00368. The first-order chi connectivity index (χ1) is 13.3. The molecule has 1 aromatic heterocycles. The summed E-state index contributed by atoms with van der Waals surface area (Å²) in [7, 11) is -1.05. The standard InChI is InChI=1S/C19H18ClN3O4S/c1-23-12-16(21-18(23)10-13-6-4-3-5-7-13)19(24)22-28(25,26)17-11-14(27-2)8-9-15(17)20/h3-9,11-12H,10H2,1-2H3,(H,22,24). The Bertz CT molecular complexity index is 1110. The molecule has 0 unspecified atom stereocenters. The van der Waals surface area contributed by atoms with Crippen molar-refractivity contribution in [3.05, 3.63) is 76.8 Å². The number of benzene rings is 2. The van der Waals surface area contributed by atoms with Gasteiger partial charge in [0.1, 0.15) is 22.2 Å². The molecule has 0 saturated carbocycles. The number of hydrogen-bond acceptors (Lipinski definition) is 5. The van der Waals surface area contributed by atoms with Crippen molar-refractivity contribution in [3.63, 3.8) is 0 Å². The second-order valence-corrected chi connectivity index (χ2v) is 8.10. The number of imidazole rings is 1. The summed E-state index contributed by atoms with van der Waals surface area (Å²) < 4.78 is 33.9. The van der Waals surface area contributed by atoms with Crippen LogP contribution < -0.4 is 9.46 Å². The number of ether oxygens (including phenoxy) is 1. The minimum Gasteiger partial charge on any atom is -0.497 e. The Labute approximate surface area is 168 Å². The van der Waals surface area contributed by atoms with Crippen LogP contribution in [0.15, 0.2) is 59.6 Å². The molecule has 2 aromatic carbocycles. The zero-order valence-electron chi connectivity index (χ0n) is 15.2. The van der Waals surface area contributed by atoms with Gasteiger partial charge in [-0.3, -0.25) is 4.79 Å². The highest BCUT2D eigenvalue weighted by molar-refractivity contribution is 7.90. The van der Waals surface area contributed by atoms with Crippen LogP contribution in [0.5, 0.6) is 5.75 Å². The number of amides is 1. The molecule has 3 aromatic rings. The Morgan fingerprint density at radius 1 is 1.21 bits per heavy atom. The number of nitrogens with one attached hydrogen (secondary N) is 1. The normalized spacial score (nSPS) is 11.2. The molecule has 28 heavy (non-hydrogen) atoms. The van der Waals surface area contributed by atoms with E-state index in [4.69, 9.17) is 16.3 Å². The van der Waals surface area contributed by atoms with Crippen LogP contribution in [0.3, 0.4) is 0 Å². The molecule has 7 nitrogen and oxygen atoms in total. The third-order valence-corrected chi connectivity index (χ3v) is 5.88. The fraction of sp³-hybridized carbons (Fsp3) is 0.158. The van der Waals surface area contributed by atoms with Gasteiger partial charge in [-0.15, -0.1) is 0 Å². The highest BCUT2D eigenvalue weighted by Crippen LogP contribution is 2.26. The van der Waals surface area contributed by atoms with Gasteiger partial charge in [-0.05, 0) is 17.7 Å². The number of hydrogen-bond donors (Lipinski definition) is 1. The summed E-state index contributed by atoms with van der Waals surface area (Å²) in [6.45, 7) is 0. The predicted molar refractivity (Wildman–Crippen MR) is 105 cm³/mol. The largest absolute Gasteiger partial charge is 0.497 e. The average molecular weight is 420 g/mol. The molecule has 3 rings (SSSR count). The van der Waals surface area contributed by atoms with E-state index in [1.807, 2.05) is 35.1 Å². The maximum Gasteiger partial charge on any atom is 0.285 e. The molecule has 0 aliphatic carbocycles. The van der Waals surface area contributed by atoms with Gasteiger partial charge in [0.2, 0.25) is 0 Å². The van der Waals surface area contributed by atoms with Gasteiger partial charge in [-0.25, -0.2) is 18.1 Å². The van der Waals surface area contributed by atoms with E-state index in [1.54, 1.807) is 11.6 Å². The van der Waals surface area contributed by atoms with Gasteiger partial charge in [-0.1, -0.05) is 41.9 Å². The predicted octanol–water partition coefficient (Wildman–Crippen LogP) is 2.79. The first kappa shape index (κ1) is 19.9. The van der Waals surface area contributed by atoms with Gasteiger partial charge >= 0.3 is 0 Å². The Morgan fingerprint density at radius 3 is 2.61 bits per heavy atom. The van der Waals surface area contributed by atoms with Gasteiger partial charge in [0.05, 0.1) is 12.1 Å². The molecule has 0 radical (unpaired) electrons.